The van der Waals surface area contributed by atoms with Crippen LogP contribution in [-0.4, -0.2) is 9.67 Å². The number of nitrogens with zero attached hydrogens (tertiary/aromatic N) is 2. The Morgan fingerprint density at radius 2 is 1.59 bits per heavy atom. The third-order valence-electron chi connectivity index (χ3n) is 4.81. The van der Waals surface area contributed by atoms with Gasteiger partial charge in [-0.2, -0.15) is 0 Å². The molecule has 1 aromatic heterocycles. The largest absolute Gasteiger partial charge is 0.385 e. The van der Waals surface area contributed by atoms with E-state index in [1.807, 2.05) is 65.2 Å². The minimum absolute atomic E-state index is 0.399. The van der Waals surface area contributed by atoms with Gasteiger partial charge in [0.05, 0.1) is 6.54 Å². The van der Waals surface area contributed by atoms with Gasteiger partial charge in [-0.15, -0.1) is 0 Å². The molecule has 0 fully saturated rings. The highest BCUT2D eigenvalue weighted by molar-refractivity contribution is 9.10. The Bertz CT molecular complexity index is 1060. The molecule has 0 radical (unpaired) electrons. The molecule has 4 rings (SSSR count). The number of fused-ring (bicyclic) bond motifs is 1. The van der Waals surface area contributed by atoms with Crippen LogP contribution in [0.2, 0.25) is 0 Å². The smallest absolute Gasteiger partial charge is 0.356 e. The van der Waals surface area contributed by atoms with Gasteiger partial charge in [-0.3, -0.25) is 5.73 Å². The number of aromatic nitrogens is 2. The summed E-state index contributed by atoms with van der Waals surface area (Å²) >= 11 is 3.43. The summed E-state index contributed by atoms with van der Waals surface area (Å²) in [5.41, 5.74) is 10.6. The normalized spacial score (nSPS) is 12.4. The molecule has 4 aromatic rings. The standard InChI is InChI=1S/C22H20BrN3O/c23-18-12-10-17(11-13-18)21(27)15-26-20-9-5-4-8-19(20)25(22(26)24)14-16-6-2-1-3-7-16/h1-13,21,24,27H,14-15H2/p+1/t21-/m0/s1. The summed E-state index contributed by atoms with van der Waals surface area (Å²) in [5, 5.41) is 10.7. The van der Waals surface area contributed by atoms with Crippen LogP contribution in [-0.2, 0) is 13.1 Å². The predicted octanol–water partition coefficient (Wildman–Crippen LogP) is 4.06. The lowest BCUT2D eigenvalue weighted by molar-refractivity contribution is -0.648. The van der Waals surface area contributed by atoms with Crippen molar-refractivity contribution >= 4 is 32.9 Å². The number of aliphatic hydroxyl groups is 1. The average molecular weight is 423 g/mol. The van der Waals surface area contributed by atoms with Crippen LogP contribution in [0.1, 0.15) is 17.2 Å². The molecule has 5 heteroatoms. The number of halogens is 1. The first kappa shape index (κ1) is 17.8. The molecule has 136 valence electrons. The number of benzene rings is 3. The summed E-state index contributed by atoms with van der Waals surface area (Å²) in [6.07, 6.45) is -0.638. The van der Waals surface area contributed by atoms with Crippen molar-refractivity contribution in [3.8, 4) is 0 Å². The van der Waals surface area contributed by atoms with Crippen molar-refractivity contribution in [3.63, 3.8) is 0 Å². The average Bonchev–Trinajstić information content (AvgIpc) is 2.95. The maximum absolute atomic E-state index is 10.7. The van der Waals surface area contributed by atoms with Gasteiger partial charge >= 0.3 is 5.95 Å². The fourth-order valence-corrected chi connectivity index (χ4v) is 3.66. The van der Waals surface area contributed by atoms with Gasteiger partial charge in [-0.25, -0.2) is 9.13 Å². The van der Waals surface area contributed by atoms with Crippen molar-refractivity contribution in [3.05, 3.63) is 94.5 Å². The number of hydrogen-bond acceptors (Lipinski definition) is 2. The van der Waals surface area contributed by atoms with E-state index in [4.69, 9.17) is 5.73 Å². The first-order valence-electron chi connectivity index (χ1n) is 8.87. The second kappa shape index (κ2) is 7.55. The molecule has 0 amide bonds. The molecule has 3 aromatic carbocycles. The molecule has 1 heterocycles. The number of nitrogen functional groups attached to an aromatic ring is 1. The lowest BCUT2D eigenvalue weighted by Crippen LogP contribution is -2.37. The number of para-hydroxylation sites is 2. The Balaban J connectivity index is 1.72. The Labute approximate surface area is 166 Å². The maximum atomic E-state index is 10.7. The van der Waals surface area contributed by atoms with Crippen LogP contribution in [0.25, 0.3) is 11.0 Å². The first-order chi connectivity index (χ1) is 13.1. The molecular formula is C22H21BrN3O+. The van der Waals surface area contributed by atoms with Gasteiger partial charge in [0.2, 0.25) is 0 Å². The predicted molar refractivity (Wildman–Crippen MR) is 111 cm³/mol. The number of hydrogen-bond donors (Lipinski definition) is 2. The molecule has 0 aliphatic rings. The third-order valence-corrected chi connectivity index (χ3v) is 5.34. The monoisotopic (exact) mass is 422 g/mol. The van der Waals surface area contributed by atoms with Gasteiger partial charge in [0.15, 0.2) is 0 Å². The van der Waals surface area contributed by atoms with Crippen molar-refractivity contribution in [1.82, 2.24) is 4.57 Å². The minimum atomic E-state index is -0.638. The lowest BCUT2D eigenvalue weighted by atomic mass is 10.1. The third kappa shape index (κ3) is 3.61. The minimum Gasteiger partial charge on any atom is -0.385 e. The SMILES string of the molecule is Nc1n(C[C@H](O)c2ccc(Br)cc2)c2ccccc2[n+]1Cc1ccccc1. The van der Waals surface area contributed by atoms with E-state index < -0.39 is 6.10 Å². The second-order valence-electron chi connectivity index (χ2n) is 6.60. The topological polar surface area (TPSA) is 55.1 Å². The van der Waals surface area contributed by atoms with Crippen LogP contribution in [0.4, 0.5) is 5.95 Å². The quantitative estimate of drug-likeness (QED) is 0.476. The summed E-state index contributed by atoms with van der Waals surface area (Å²) in [7, 11) is 0. The van der Waals surface area contributed by atoms with Gasteiger partial charge in [0.1, 0.15) is 23.7 Å². The highest BCUT2D eigenvalue weighted by atomic mass is 79.9. The molecule has 0 bridgehead atoms. The number of anilines is 1. The van der Waals surface area contributed by atoms with Gasteiger partial charge in [0.25, 0.3) is 0 Å². The van der Waals surface area contributed by atoms with E-state index in [1.165, 1.54) is 5.56 Å². The highest BCUT2D eigenvalue weighted by Gasteiger charge is 2.23. The van der Waals surface area contributed by atoms with Gasteiger partial charge in [0, 0.05) is 4.47 Å². The molecule has 1 atom stereocenters. The number of rotatable bonds is 5. The Morgan fingerprint density at radius 1 is 0.926 bits per heavy atom. The zero-order valence-corrected chi connectivity index (χ0v) is 16.4. The van der Waals surface area contributed by atoms with E-state index in [9.17, 15) is 5.11 Å². The molecule has 0 aliphatic carbocycles. The van der Waals surface area contributed by atoms with Crippen molar-refractivity contribution in [2.75, 3.05) is 5.73 Å². The number of imidazole rings is 1. The second-order valence-corrected chi connectivity index (χ2v) is 7.51. The summed E-state index contributed by atoms with van der Waals surface area (Å²) in [4.78, 5) is 0. The zero-order valence-electron chi connectivity index (χ0n) is 14.8. The van der Waals surface area contributed by atoms with E-state index in [1.54, 1.807) is 0 Å². The van der Waals surface area contributed by atoms with Gasteiger partial charge in [-0.05, 0) is 35.4 Å². The van der Waals surface area contributed by atoms with Crippen LogP contribution in [0, 0.1) is 0 Å². The van der Waals surface area contributed by atoms with Crippen molar-refractivity contribution in [1.29, 1.82) is 0 Å². The zero-order chi connectivity index (χ0) is 18.8. The van der Waals surface area contributed by atoms with Crippen LogP contribution in [0.3, 0.4) is 0 Å². The van der Waals surface area contributed by atoms with E-state index in [0.29, 0.717) is 19.0 Å². The lowest BCUT2D eigenvalue weighted by Gasteiger charge is -2.11. The van der Waals surface area contributed by atoms with E-state index in [0.717, 1.165) is 21.1 Å². The van der Waals surface area contributed by atoms with E-state index >= 15 is 0 Å². The Kier molecular flexibility index (Phi) is 4.97. The van der Waals surface area contributed by atoms with Crippen molar-refractivity contribution in [2.24, 2.45) is 0 Å². The number of aliphatic hydroxyl groups excluding tert-OH is 1. The molecule has 0 saturated heterocycles. The summed E-state index contributed by atoms with van der Waals surface area (Å²) in [5.74, 6) is 0.635. The first-order valence-corrected chi connectivity index (χ1v) is 9.67. The van der Waals surface area contributed by atoms with Gasteiger partial charge < -0.3 is 5.11 Å². The molecule has 0 unspecified atom stereocenters. The van der Waals surface area contributed by atoms with Crippen LogP contribution >= 0.6 is 15.9 Å². The Morgan fingerprint density at radius 3 is 2.33 bits per heavy atom. The Hall–Kier alpha value is -2.63. The van der Waals surface area contributed by atoms with Crippen LogP contribution in [0.5, 0.6) is 0 Å². The van der Waals surface area contributed by atoms with E-state index in [-0.39, 0.29) is 0 Å². The van der Waals surface area contributed by atoms with Crippen molar-refractivity contribution < 1.29 is 9.67 Å². The van der Waals surface area contributed by atoms with Crippen LogP contribution in [0.15, 0.2) is 83.3 Å². The molecule has 0 saturated carbocycles. The van der Waals surface area contributed by atoms with E-state index in [2.05, 4.69) is 38.7 Å². The molecule has 0 spiro atoms. The molecular weight excluding hydrogens is 402 g/mol. The highest BCUT2D eigenvalue weighted by Crippen LogP contribution is 2.23. The van der Waals surface area contributed by atoms with Gasteiger partial charge in [-0.1, -0.05) is 70.5 Å². The maximum Gasteiger partial charge on any atom is 0.356 e. The molecule has 4 nitrogen and oxygen atoms in total. The number of nitrogens with two attached hydrogens (primary N) is 1. The fraction of sp³-hybridized carbons (Fsp3) is 0.136. The van der Waals surface area contributed by atoms with Crippen molar-refractivity contribution in [2.45, 2.75) is 19.2 Å². The summed E-state index contributed by atoms with van der Waals surface area (Å²) < 4.78 is 5.08. The molecule has 27 heavy (non-hydrogen) atoms. The summed E-state index contributed by atoms with van der Waals surface area (Å²) in [6, 6.07) is 26.1. The fourth-order valence-electron chi connectivity index (χ4n) is 3.40. The van der Waals surface area contributed by atoms with Crippen LogP contribution < -0.4 is 10.3 Å². The summed E-state index contributed by atoms with van der Waals surface area (Å²) in [6.45, 7) is 1.09. The molecule has 3 N–H and O–H groups in total. The molecule has 0 aliphatic heterocycles.